The largest absolute Gasteiger partial charge is 0.380 e. The number of rotatable bonds is 2. The molecule has 2 heteroatoms. The summed E-state index contributed by atoms with van der Waals surface area (Å²) in [4.78, 5) is 0. The molecule has 1 aliphatic heterocycles. The molecule has 3 fully saturated rings. The molecular weight excluding hydrogens is 162 g/mol. The lowest BCUT2D eigenvalue weighted by atomic mass is 10.0. The van der Waals surface area contributed by atoms with Crippen molar-refractivity contribution in [3.05, 3.63) is 0 Å². The molecule has 3 atom stereocenters. The predicted molar refractivity (Wildman–Crippen MR) is 51.6 cm³/mol. The molecule has 1 N–H and O–H groups in total. The molecule has 3 rings (SSSR count). The summed E-state index contributed by atoms with van der Waals surface area (Å²) < 4.78 is 5.38. The molecule has 0 aromatic carbocycles. The molecule has 0 aromatic heterocycles. The van der Waals surface area contributed by atoms with Crippen molar-refractivity contribution in [2.45, 2.75) is 44.2 Å². The first-order chi connectivity index (χ1) is 6.45. The van der Waals surface area contributed by atoms with E-state index in [1.54, 1.807) is 0 Å². The lowest BCUT2D eigenvalue weighted by Gasteiger charge is -2.09. The minimum Gasteiger partial charge on any atom is -0.380 e. The molecule has 2 saturated carbocycles. The molecule has 2 aliphatic carbocycles. The lowest BCUT2D eigenvalue weighted by molar-refractivity contribution is 0.189. The minimum atomic E-state index is 0.676. The van der Waals surface area contributed by atoms with Crippen LogP contribution in [0.4, 0.5) is 0 Å². The summed E-state index contributed by atoms with van der Waals surface area (Å²) in [5.74, 6) is 2.07. The summed E-state index contributed by atoms with van der Waals surface area (Å²) in [5, 5.41) is 3.77. The van der Waals surface area contributed by atoms with Gasteiger partial charge in [0, 0.05) is 18.7 Å². The minimum absolute atomic E-state index is 0.676. The first-order valence-corrected chi connectivity index (χ1v) is 5.79. The Kier molecular flexibility index (Phi) is 2.06. The van der Waals surface area contributed by atoms with E-state index in [0.717, 1.165) is 31.1 Å². The molecule has 3 aliphatic rings. The van der Waals surface area contributed by atoms with Crippen molar-refractivity contribution in [1.82, 2.24) is 5.32 Å². The van der Waals surface area contributed by atoms with E-state index >= 15 is 0 Å². The predicted octanol–water partition coefficient (Wildman–Crippen LogP) is 1.55. The van der Waals surface area contributed by atoms with Gasteiger partial charge in [-0.05, 0) is 31.1 Å². The Morgan fingerprint density at radius 2 is 1.77 bits per heavy atom. The van der Waals surface area contributed by atoms with Gasteiger partial charge in [-0.15, -0.1) is 0 Å². The van der Waals surface area contributed by atoms with E-state index in [9.17, 15) is 0 Å². The van der Waals surface area contributed by atoms with E-state index < -0.39 is 0 Å². The molecule has 0 spiro atoms. The van der Waals surface area contributed by atoms with E-state index in [1.165, 1.54) is 32.1 Å². The fraction of sp³-hybridized carbons (Fsp3) is 1.00. The van der Waals surface area contributed by atoms with Gasteiger partial charge in [-0.1, -0.05) is 12.8 Å². The SMILES string of the molecule is C1CCC2C(C1)C2NC1CCOC1. The van der Waals surface area contributed by atoms with Crippen LogP contribution >= 0.6 is 0 Å². The van der Waals surface area contributed by atoms with Crippen LogP contribution in [0.15, 0.2) is 0 Å². The van der Waals surface area contributed by atoms with Crippen LogP contribution in [-0.2, 0) is 4.74 Å². The molecule has 0 bridgehead atoms. The van der Waals surface area contributed by atoms with Gasteiger partial charge in [0.05, 0.1) is 6.61 Å². The summed E-state index contributed by atoms with van der Waals surface area (Å²) in [6, 6.07) is 1.55. The zero-order chi connectivity index (χ0) is 8.67. The second kappa shape index (κ2) is 3.25. The van der Waals surface area contributed by atoms with Gasteiger partial charge in [0.25, 0.3) is 0 Å². The molecule has 3 unspecified atom stereocenters. The van der Waals surface area contributed by atoms with E-state index in [0.29, 0.717) is 6.04 Å². The smallest absolute Gasteiger partial charge is 0.0620 e. The van der Waals surface area contributed by atoms with Crippen LogP contribution in [0.3, 0.4) is 0 Å². The first kappa shape index (κ1) is 8.25. The summed E-state index contributed by atoms with van der Waals surface area (Å²) in [7, 11) is 0. The topological polar surface area (TPSA) is 21.3 Å². The van der Waals surface area contributed by atoms with Crippen LogP contribution in [0.2, 0.25) is 0 Å². The highest BCUT2D eigenvalue weighted by molar-refractivity contribution is 5.05. The van der Waals surface area contributed by atoms with Crippen molar-refractivity contribution >= 4 is 0 Å². The quantitative estimate of drug-likeness (QED) is 0.698. The summed E-state index contributed by atoms with van der Waals surface area (Å²) in [6.07, 6.45) is 7.14. The molecule has 1 saturated heterocycles. The van der Waals surface area contributed by atoms with Gasteiger partial charge in [0.1, 0.15) is 0 Å². The van der Waals surface area contributed by atoms with Gasteiger partial charge in [0.2, 0.25) is 0 Å². The van der Waals surface area contributed by atoms with E-state index in [-0.39, 0.29) is 0 Å². The number of ether oxygens (including phenoxy) is 1. The average molecular weight is 181 g/mol. The summed E-state index contributed by atoms with van der Waals surface area (Å²) in [5.41, 5.74) is 0. The fourth-order valence-corrected chi connectivity index (χ4v) is 3.18. The number of fused-ring (bicyclic) bond motifs is 1. The summed E-state index contributed by atoms with van der Waals surface area (Å²) in [6.45, 7) is 1.93. The highest BCUT2D eigenvalue weighted by Crippen LogP contribution is 2.50. The van der Waals surface area contributed by atoms with E-state index in [2.05, 4.69) is 5.32 Å². The zero-order valence-corrected chi connectivity index (χ0v) is 8.17. The Labute approximate surface area is 80.0 Å². The Bertz CT molecular complexity index is 177. The maximum atomic E-state index is 5.38. The number of hydrogen-bond acceptors (Lipinski definition) is 2. The van der Waals surface area contributed by atoms with Crippen molar-refractivity contribution in [2.24, 2.45) is 11.8 Å². The number of nitrogens with one attached hydrogen (secondary N) is 1. The van der Waals surface area contributed by atoms with Gasteiger partial charge in [-0.3, -0.25) is 0 Å². The summed E-state index contributed by atoms with van der Waals surface area (Å²) >= 11 is 0. The van der Waals surface area contributed by atoms with Crippen LogP contribution < -0.4 is 5.32 Å². The monoisotopic (exact) mass is 181 g/mol. The van der Waals surface area contributed by atoms with E-state index in [1.807, 2.05) is 0 Å². The molecule has 1 heterocycles. The van der Waals surface area contributed by atoms with Gasteiger partial charge >= 0.3 is 0 Å². The van der Waals surface area contributed by atoms with Crippen LogP contribution in [0.25, 0.3) is 0 Å². The Morgan fingerprint density at radius 1 is 1.00 bits per heavy atom. The molecular formula is C11H19NO. The highest BCUT2D eigenvalue weighted by Gasteiger charge is 2.51. The van der Waals surface area contributed by atoms with Crippen molar-refractivity contribution in [3.8, 4) is 0 Å². The van der Waals surface area contributed by atoms with Crippen molar-refractivity contribution in [1.29, 1.82) is 0 Å². The number of hydrogen-bond donors (Lipinski definition) is 1. The van der Waals surface area contributed by atoms with Crippen LogP contribution in [0.1, 0.15) is 32.1 Å². The normalized spacial score (nSPS) is 48.9. The zero-order valence-electron chi connectivity index (χ0n) is 8.17. The lowest BCUT2D eigenvalue weighted by Crippen LogP contribution is -2.32. The van der Waals surface area contributed by atoms with Gasteiger partial charge in [-0.2, -0.15) is 0 Å². The van der Waals surface area contributed by atoms with Crippen molar-refractivity contribution in [3.63, 3.8) is 0 Å². The second-order valence-corrected chi connectivity index (χ2v) is 4.87. The highest BCUT2D eigenvalue weighted by atomic mass is 16.5. The Hall–Kier alpha value is -0.0800. The van der Waals surface area contributed by atoms with Crippen LogP contribution in [-0.4, -0.2) is 25.3 Å². The molecule has 13 heavy (non-hydrogen) atoms. The Balaban J connectivity index is 1.51. The van der Waals surface area contributed by atoms with E-state index in [4.69, 9.17) is 4.74 Å². The first-order valence-electron chi connectivity index (χ1n) is 5.79. The standard InChI is InChI=1S/C11H19NO/c1-2-4-10-9(3-1)11(10)12-8-5-6-13-7-8/h8-12H,1-7H2. The van der Waals surface area contributed by atoms with Crippen LogP contribution in [0, 0.1) is 11.8 Å². The second-order valence-electron chi connectivity index (χ2n) is 4.87. The molecule has 0 aromatic rings. The average Bonchev–Trinajstić information content (AvgIpc) is 2.60. The maximum Gasteiger partial charge on any atom is 0.0620 e. The molecule has 2 nitrogen and oxygen atoms in total. The van der Waals surface area contributed by atoms with Crippen LogP contribution in [0.5, 0.6) is 0 Å². The van der Waals surface area contributed by atoms with Crippen molar-refractivity contribution < 1.29 is 4.74 Å². The fourth-order valence-electron chi connectivity index (χ4n) is 3.18. The maximum absolute atomic E-state index is 5.38. The van der Waals surface area contributed by atoms with Gasteiger partial charge < -0.3 is 10.1 Å². The third-order valence-corrected chi connectivity index (χ3v) is 4.01. The third-order valence-electron chi connectivity index (χ3n) is 4.01. The molecule has 74 valence electrons. The third kappa shape index (κ3) is 1.50. The Morgan fingerprint density at radius 3 is 2.38 bits per heavy atom. The molecule has 0 amide bonds. The van der Waals surface area contributed by atoms with Gasteiger partial charge in [-0.25, -0.2) is 0 Å². The van der Waals surface area contributed by atoms with Crippen molar-refractivity contribution in [2.75, 3.05) is 13.2 Å². The molecule has 0 radical (unpaired) electrons. The van der Waals surface area contributed by atoms with Gasteiger partial charge in [0.15, 0.2) is 0 Å².